The number of nitrogens with zero attached hydrogens (tertiary/aromatic N) is 3. The second-order valence-corrected chi connectivity index (χ2v) is 6.62. The highest BCUT2D eigenvalue weighted by molar-refractivity contribution is 5.27. The Balaban J connectivity index is 1.47. The standard InChI is InChI=1S/C18H25N3O3/c1-13-19-18(20-24-13)12-23-16-8-6-14(7-9-16)10-21(2)11-15-4-3-5-17(15)22/h6-9,15,17,22H,3-5,10-12H2,1-2H3. The largest absolute Gasteiger partial charge is 0.485 e. The van der Waals surface area contributed by atoms with Crippen molar-refractivity contribution in [3.8, 4) is 5.75 Å². The van der Waals surface area contributed by atoms with Gasteiger partial charge in [-0.15, -0.1) is 0 Å². The molecule has 1 aromatic heterocycles. The fourth-order valence-corrected chi connectivity index (χ4v) is 3.25. The van der Waals surface area contributed by atoms with Gasteiger partial charge in [-0.1, -0.05) is 23.7 Å². The molecule has 0 spiro atoms. The van der Waals surface area contributed by atoms with Crippen LogP contribution in [0.1, 0.15) is 36.5 Å². The Kier molecular flexibility index (Phi) is 5.48. The molecule has 1 N–H and O–H groups in total. The van der Waals surface area contributed by atoms with Crippen molar-refractivity contribution >= 4 is 0 Å². The molecular formula is C18H25N3O3. The van der Waals surface area contributed by atoms with Gasteiger partial charge >= 0.3 is 0 Å². The number of aromatic nitrogens is 2. The van der Waals surface area contributed by atoms with Crippen LogP contribution in [0.5, 0.6) is 5.75 Å². The summed E-state index contributed by atoms with van der Waals surface area (Å²) in [6, 6.07) is 8.05. The van der Waals surface area contributed by atoms with Crippen LogP contribution >= 0.6 is 0 Å². The SMILES string of the molecule is Cc1nc(COc2ccc(CN(C)CC3CCCC3O)cc2)no1. The number of benzene rings is 1. The maximum Gasteiger partial charge on any atom is 0.223 e. The highest BCUT2D eigenvalue weighted by atomic mass is 16.5. The van der Waals surface area contributed by atoms with Gasteiger partial charge in [-0.05, 0) is 43.5 Å². The Morgan fingerprint density at radius 2 is 2.08 bits per heavy atom. The highest BCUT2D eigenvalue weighted by Gasteiger charge is 2.25. The van der Waals surface area contributed by atoms with Crippen LogP contribution in [0.4, 0.5) is 0 Å². The highest BCUT2D eigenvalue weighted by Crippen LogP contribution is 2.26. The molecule has 0 aliphatic heterocycles. The van der Waals surface area contributed by atoms with Crippen LogP contribution in [0.3, 0.4) is 0 Å². The lowest BCUT2D eigenvalue weighted by Crippen LogP contribution is -2.29. The molecule has 1 aliphatic carbocycles. The number of rotatable bonds is 7. The number of hydrogen-bond acceptors (Lipinski definition) is 6. The van der Waals surface area contributed by atoms with Crippen molar-refractivity contribution in [3.63, 3.8) is 0 Å². The van der Waals surface area contributed by atoms with E-state index in [0.717, 1.165) is 38.1 Å². The molecule has 0 amide bonds. The number of aryl methyl sites for hydroxylation is 1. The summed E-state index contributed by atoms with van der Waals surface area (Å²) in [6.45, 7) is 3.87. The van der Waals surface area contributed by atoms with E-state index in [4.69, 9.17) is 9.26 Å². The fourth-order valence-electron chi connectivity index (χ4n) is 3.25. The number of aliphatic hydroxyl groups excluding tert-OH is 1. The van der Waals surface area contributed by atoms with E-state index >= 15 is 0 Å². The zero-order chi connectivity index (χ0) is 16.9. The Hall–Kier alpha value is -1.92. The molecule has 130 valence electrons. The lowest BCUT2D eigenvalue weighted by Gasteiger charge is -2.23. The van der Waals surface area contributed by atoms with Crippen molar-refractivity contribution in [2.75, 3.05) is 13.6 Å². The number of hydrogen-bond donors (Lipinski definition) is 1. The van der Waals surface area contributed by atoms with Gasteiger partial charge in [0.25, 0.3) is 0 Å². The molecule has 2 unspecified atom stereocenters. The first kappa shape index (κ1) is 16.9. The first-order valence-corrected chi connectivity index (χ1v) is 8.47. The van der Waals surface area contributed by atoms with E-state index in [9.17, 15) is 5.11 Å². The van der Waals surface area contributed by atoms with E-state index in [1.54, 1.807) is 6.92 Å². The smallest absolute Gasteiger partial charge is 0.223 e. The van der Waals surface area contributed by atoms with Crippen LogP contribution in [0, 0.1) is 12.8 Å². The van der Waals surface area contributed by atoms with Crippen LogP contribution < -0.4 is 4.74 Å². The molecule has 2 atom stereocenters. The molecule has 6 nitrogen and oxygen atoms in total. The molecule has 1 heterocycles. The van der Waals surface area contributed by atoms with Crippen molar-refractivity contribution in [2.45, 2.75) is 45.4 Å². The molecule has 1 aliphatic rings. The summed E-state index contributed by atoms with van der Waals surface area (Å²) in [5.41, 5.74) is 1.23. The topological polar surface area (TPSA) is 71.6 Å². The predicted octanol–water partition coefficient (Wildman–Crippen LogP) is 2.55. The molecule has 0 saturated heterocycles. The fraction of sp³-hybridized carbons (Fsp3) is 0.556. The summed E-state index contributed by atoms with van der Waals surface area (Å²) in [6.07, 6.45) is 3.10. The van der Waals surface area contributed by atoms with Crippen molar-refractivity contribution in [3.05, 3.63) is 41.5 Å². The van der Waals surface area contributed by atoms with Crippen molar-refractivity contribution in [1.29, 1.82) is 0 Å². The van der Waals surface area contributed by atoms with Crippen LogP contribution in [0.2, 0.25) is 0 Å². The molecule has 1 fully saturated rings. The molecule has 24 heavy (non-hydrogen) atoms. The van der Waals surface area contributed by atoms with Crippen molar-refractivity contribution < 1.29 is 14.4 Å². The monoisotopic (exact) mass is 331 g/mol. The summed E-state index contributed by atoms with van der Waals surface area (Å²) < 4.78 is 10.6. The van der Waals surface area contributed by atoms with Gasteiger partial charge in [-0.3, -0.25) is 0 Å². The van der Waals surface area contributed by atoms with Crippen LogP contribution in [0.15, 0.2) is 28.8 Å². The lowest BCUT2D eigenvalue weighted by molar-refractivity contribution is 0.108. The van der Waals surface area contributed by atoms with E-state index in [2.05, 4.69) is 34.2 Å². The van der Waals surface area contributed by atoms with Gasteiger partial charge in [0.1, 0.15) is 5.75 Å². The Bertz CT molecular complexity index is 641. The van der Waals surface area contributed by atoms with Gasteiger partial charge < -0.3 is 19.3 Å². The van der Waals surface area contributed by atoms with Crippen LogP contribution in [-0.4, -0.2) is 39.8 Å². The molecule has 1 aromatic carbocycles. The third-order valence-corrected chi connectivity index (χ3v) is 4.48. The van der Waals surface area contributed by atoms with E-state index in [1.807, 2.05) is 12.1 Å². The maximum absolute atomic E-state index is 9.93. The third kappa shape index (κ3) is 4.55. The summed E-state index contributed by atoms with van der Waals surface area (Å²) in [5.74, 6) is 2.29. The van der Waals surface area contributed by atoms with E-state index in [0.29, 0.717) is 24.2 Å². The van der Waals surface area contributed by atoms with E-state index in [-0.39, 0.29) is 6.10 Å². The van der Waals surface area contributed by atoms with Gasteiger partial charge in [0.05, 0.1) is 6.10 Å². The minimum absolute atomic E-state index is 0.128. The molecule has 1 saturated carbocycles. The number of aliphatic hydroxyl groups is 1. The van der Waals surface area contributed by atoms with Gasteiger partial charge in [0.15, 0.2) is 6.61 Å². The van der Waals surface area contributed by atoms with Gasteiger partial charge in [0, 0.05) is 20.0 Å². The second-order valence-electron chi connectivity index (χ2n) is 6.62. The quantitative estimate of drug-likeness (QED) is 0.841. The van der Waals surface area contributed by atoms with Crippen molar-refractivity contribution in [1.82, 2.24) is 15.0 Å². The first-order valence-electron chi connectivity index (χ1n) is 8.47. The van der Waals surface area contributed by atoms with Crippen molar-refractivity contribution in [2.24, 2.45) is 5.92 Å². The zero-order valence-electron chi connectivity index (χ0n) is 14.3. The molecule has 0 bridgehead atoms. The first-order chi connectivity index (χ1) is 11.6. The molecular weight excluding hydrogens is 306 g/mol. The summed E-state index contributed by atoms with van der Waals surface area (Å²) in [5, 5.41) is 13.7. The summed E-state index contributed by atoms with van der Waals surface area (Å²) in [7, 11) is 2.11. The Morgan fingerprint density at radius 3 is 2.71 bits per heavy atom. The predicted molar refractivity (Wildman–Crippen MR) is 89.5 cm³/mol. The summed E-state index contributed by atoms with van der Waals surface area (Å²) >= 11 is 0. The van der Waals surface area contributed by atoms with Crippen LogP contribution in [-0.2, 0) is 13.2 Å². The summed E-state index contributed by atoms with van der Waals surface area (Å²) in [4.78, 5) is 6.38. The minimum Gasteiger partial charge on any atom is -0.485 e. The van der Waals surface area contributed by atoms with Gasteiger partial charge in [-0.25, -0.2) is 0 Å². The van der Waals surface area contributed by atoms with Gasteiger partial charge in [0.2, 0.25) is 11.7 Å². The van der Waals surface area contributed by atoms with E-state index < -0.39 is 0 Å². The zero-order valence-corrected chi connectivity index (χ0v) is 14.3. The Labute approximate surface area is 142 Å². The van der Waals surface area contributed by atoms with E-state index in [1.165, 1.54) is 5.56 Å². The molecule has 6 heteroatoms. The average molecular weight is 331 g/mol. The molecule has 2 aromatic rings. The lowest BCUT2D eigenvalue weighted by atomic mass is 10.1. The average Bonchev–Trinajstić information content (AvgIpc) is 3.15. The minimum atomic E-state index is -0.128. The Morgan fingerprint density at radius 1 is 1.29 bits per heavy atom. The van der Waals surface area contributed by atoms with Crippen LogP contribution in [0.25, 0.3) is 0 Å². The van der Waals surface area contributed by atoms with Gasteiger partial charge in [-0.2, -0.15) is 4.98 Å². The maximum atomic E-state index is 9.93. The number of ether oxygens (including phenoxy) is 1. The molecule has 3 rings (SSSR count). The normalized spacial score (nSPS) is 20.7. The second kappa shape index (κ2) is 7.77. The third-order valence-electron chi connectivity index (χ3n) is 4.48. The molecule has 0 radical (unpaired) electrons.